The molecule has 120 valence electrons. The molecule has 1 N–H and O–H groups in total. The lowest BCUT2D eigenvalue weighted by atomic mass is 10.1. The van der Waals surface area contributed by atoms with Gasteiger partial charge in [-0.1, -0.05) is 0 Å². The quantitative estimate of drug-likeness (QED) is 0.336. The molecule has 0 saturated carbocycles. The molecule has 1 aromatic carbocycles. The van der Waals surface area contributed by atoms with Crippen LogP contribution in [0.25, 0.3) is 0 Å². The van der Waals surface area contributed by atoms with Crippen molar-refractivity contribution in [2.24, 2.45) is 0 Å². The maximum atomic E-state index is 13.0. The number of aliphatic hydroxyl groups excluding tert-OH is 1. The van der Waals surface area contributed by atoms with E-state index in [1.807, 2.05) is 0 Å². The number of rotatable bonds is 8. The van der Waals surface area contributed by atoms with Crippen molar-refractivity contribution in [3.63, 3.8) is 0 Å². The van der Waals surface area contributed by atoms with Gasteiger partial charge in [-0.05, 0) is 17.7 Å². The van der Waals surface area contributed by atoms with Crippen LogP contribution in [0.5, 0.6) is 0 Å². The molecule has 22 heavy (non-hydrogen) atoms. The fraction of sp³-hybridized carbons (Fsp3) is 0.538. The van der Waals surface area contributed by atoms with Crippen molar-refractivity contribution in [1.82, 2.24) is 9.34 Å². The van der Waals surface area contributed by atoms with Crippen molar-refractivity contribution in [1.29, 1.82) is 0 Å². The maximum absolute atomic E-state index is 13.0. The van der Waals surface area contributed by atoms with E-state index < -0.39 is 18.7 Å². The largest absolute Gasteiger partial charge is 0.396 e. The summed E-state index contributed by atoms with van der Waals surface area (Å²) in [7, 11) is -3.00. The summed E-state index contributed by atoms with van der Waals surface area (Å²) >= 11 is 0. The highest BCUT2D eigenvalue weighted by Crippen LogP contribution is 2.63. The summed E-state index contributed by atoms with van der Waals surface area (Å²) in [5, 5.41) is 19.9. The number of nitro groups is 1. The first-order chi connectivity index (χ1) is 10.5. The van der Waals surface area contributed by atoms with E-state index in [0.717, 1.165) is 26.2 Å². The molecule has 0 aromatic heterocycles. The first-order valence-electron chi connectivity index (χ1n) is 7.19. The van der Waals surface area contributed by atoms with Crippen LogP contribution >= 0.6 is 7.67 Å². The summed E-state index contributed by atoms with van der Waals surface area (Å²) in [6.07, 6.45) is -0.249. The van der Waals surface area contributed by atoms with E-state index >= 15 is 0 Å². The number of hydrogen-bond donors (Lipinski definition) is 1. The van der Waals surface area contributed by atoms with Crippen LogP contribution in [0, 0.1) is 10.1 Å². The smallest absolute Gasteiger partial charge is 0.346 e. The van der Waals surface area contributed by atoms with E-state index in [1.165, 1.54) is 12.1 Å². The molecule has 1 aromatic rings. The van der Waals surface area contributed by atoms with Gasteiger partial charge < -0.3 is 5.11 Å². The summed E-state index contributed by atoms with van der Waals surface area (Å²) in [6, 6.07) is 5.96. The predicted molar refractivity (Wildman–Crippen MR) is 79.4 cm³/mol. The average Bonchev–Trinajstić information content (AvgIpc) is 3.39. The van der Waals surface area contributed by atoms with E-state index in [2.05, 4.69) is 0 Å². The van der Waals surface area contributed by atoms with Gasteiger partial charge in [0.25, 0.3) is 5.69 Å². The fourth-order valence-electron chi connectivity index (χ4n) is 2.28. The molecule has 2 fully saturated rings. The second-order valence-electron chi connectivity index (χ2n) is 5.35. The highest BCUT2D eigenvalue weighted by atomic mass is 31.2. The molecule has 9 heteroatoms. The van der Waals surface area contributed by atoms with Crippen LogP contribution in [0.1, 0.15) is 18.1 Å². The van der Waals surface area contributed by atoms with Crippen molar-refractivity contribution in [3.8, 4) is 0 Å². The van der Waals surface area contributed by atoms with Crippen LogP contribution in [-0.4, -0.2) is 52.2 Å². The molecule has 0 radical (unpaired) electrons. The fourth-order valence-corrected chi connectivity index (χ4v) is 4.65. The van der Waals surface area contributed by atoms with E-state index in [0.29, 0.717) is 12.0 Å². The third kappa shape index (κ3) is 3.21. The van der Waals surface area contributed by atoms with Crippen molar-refractivity contribution < 1.29 is 19.1 Å². The molecule has 2 aliphatic heterocycles. The lowest BCUT2D eigenvalue weighted by molar-refractivity contribution is -0.384. The molecular formula is C13H18N3O5P. The molecule has 0 spiro atoms. The summed E-state index contributed by atoms with van der Waals surface area (Å²) < 4.78 is 22.5. The topological polar surface area (TPSA) is 95.7 Å². The first kappa shape index (κ1) is 15.6. The SMILES string of the molecule is O=[N+]([O-])c1ccc(C(CCO)OP(=O)(N2CC2)N2CC2)cc1. The molecule has 2 heterocycles. The Morgan fingerprint density at radius 2 is 1.77 bits per heavy atom. The highest BCUT2D eigenvalue weighted by Gasteiger charge is 2.50. The monoisotopic (exact) mass is 327 g/mol. The van der Waals surface area contributed by atoms with E-state index in [-0.39, 0.29) is 12.3 Å². The summed E-state index contributed by atoms with van der Waals surface area (Å²) in [5.41, 5.74) is 0.676. The van der Waals surface area contributed by atoms with Gasteiger partial charge in [0.1, 0.15) is 0 Å². The highest BCUT2D eigenvalue weighted by molar-refractivity contribution is 7.54. The zero-order valence-corrected chi connectivity index (χ0v) is 12.9. The Hall–Kier alpha value is -1.31. The Kier molecular flexibility index (Phi) is 4.29. The number of nitrogens with zero attached hydrogens (tertiary/aromatic N) is 3. The Labute approximate surface area is 128 Å². The van der Waals surface area contributed by atoms with Gasteiger partial charge in [0.05, 0.1) is 11.0 Å². The van der Waals surface area contributed by atoms with Gasteiger partial charge in [0.2, 0.25) is 0 Å². The Bertz CT molecular complexity index is 584. The van der Waals surface area contributed by atoms with Crippen molar-refractivity contribution in [2.45, 2.75) is 12.5 Å². The second-order valence-corrected chi connectivity index (χ2v) is 7.68. The molecule has 1 atom stereocenters. The van der Waals surface area contributed by atoms with Crippen LogP contribution in [0.15, 0.2) is 24.3 Å². The molecule has 3 rings (SSSR count). The predicted octanol–water partition coefficient (Wildman–Crippen LogP) is 1.77. The van der Waals surface area contributed by atoms with Crippen molar-refractivity contribution in [2.75, 3.05) is 32.8 Å². The molecule has 8 nitrogen and oxygen atoms in total. The molecule has 0 amide bonds. The van der Waals surface area contributed by atoms with E-state index in [4.69, 9.17) is 4.52 Å². The molecule has 0 bridgehead atoms. The zero-order valence-electron chi connectivity index (χ0n) is 12.0. The standard InChI is InChI=1S/C13H18N3O5P/c17-10-5-13(11-1-3-12(4-2-11)16(18)19)21-22(20,14-6-7-14)15-8-9-15/h1-4,13,17H,5-10H2. The van der Waals surface area contributed by atoms with Crippen LogP contribution in [0.3, 0.4) is 0 Å². The van der Waals surface area contributed by atoms with Gasteiger partial charge in [-0.2, -0.15) is 0 Å². The van der Waals surface area contributed by atoms with Gasteiger partial charge in [-0.3, -0.25) is 19.2 Å². The summed E-state index contributed by atoms with van der Waals surface area (Å²) in [6.45, 7) is 2.89. The summed E-state index contributed by atoms with van der Waals surface area (Å²) in [5.74, 6) is 0. The average molecular weight is 327 g/mol. The van der Waals surface area contributed by atoms with E-state index in [1.54, 1.807) is 21.5 Å². The van der Waals surface area contributed by atoms with Crippen LogP contribution in [-0.2, 0) is 9.09 Å². The number of aliphatic hydroxyl groups is 1. The van der Waals surface area contributed by atoms with Crippen LogP contribution < -0.4 is 0 Å². The lowest BCUT2D eigenvalue weighted by Crippen LogP contribution is -2.13. The van der Waals surface area contributed by atoms with Gasteiger partial charge in [0.15, 0.2) is 0 Å². The zero-order chi connectivity index (χ0) is 15.7. The van der Waals surface area contributed by atoms with Crippen molar-refractivity contribution in [3.05, 3.63) is 39.9 Å². The molecule has 2 aliphatic rings. The van der Waals surface area contributed by atoms with Gasteiger partial charge in [-0.25, -0.2) is 9.34 Å². The molecular weight excluding hydrogens is 309 g/mol. The number of hydrogen-bond acceptors (Lipinski definition) is 5. The second kappa shape index (κ2) is 6.06. The molecule has 0 aliphatic carbocycles. The molecule has 2 saturated heterocycles. The minimum atomic E-state index is -3.00. The van der Waals surface area contributed by atoms with Gasteiger partial charge in [-0.15, -0.1) is 0 Å². The number of non-ortho nitro benzene ring substituents is 1. The normalized spacial score (nSPS) is 19.9. The summed E-state index contributed by atoms with van der Waals surface area (Å²) in [4.78, 5) is 10.2. The minimum absolute atomic E-state index is 0.00781. The molecule has 1 unspecified atom stereocenters. The lowest BCUT2D eigenvalue weighted by Gasteiger charge is -2.26. The Morgan fingerprint density at radius 3 is 2.18 bits per heavy atom. The van der Waals surface area contributed by atoms with Crippen LogP contribution in [0.2, 0.25) is 0 Å². The Morgan fingerprint density at radius 1 is 1.23 bits per heavy atom. The van der Waals surface area contributed by atoms with Gasteiger partial charge in [0, 0.05) is 51.3 Å². The number of benzene rings is 1. The van der Waals surface area contributed by atoms with Crippen LogP contribution in [0.4, 0.5) is 5.69 Å². The number of nitro benzene ring substituents is 1. The van der Waals surface area contributed by atoms with Gasteiger partial charge >= 0.3 is 7.67 Å². The third-order valence-electron chi connectivity index (χ3n) is 3.69. The van der Waals surface area contributed by atoms with E-state index in [9.17, 15) is 19.8 Å². The minimum Gasteiger partial charge on any atom is -0.396 e. The maximum Gasteiger partial charge on any atom is 0.346 e. The Balaban J connectivity index is 1.79. The third-order valence-corrected chi connectivity index (χ3v) is 6.45. The first-order valence-corrected chi connectivity index (χ1v) is 8.72. The van der Waals surface area contributed by atoms with Crippen molar-refractivity contribution >= 4 is 13.4 Å².